The van der Waals surface area contributed by atoms with Crippen molar-refractivity contribution in [3.05, 3.63) is 0 Å². The molecule has 2 heterocycles. The molecule has 4 aliphatic rings. The molecule has 2 saturated carbocycles. The van der Waals surface area contributed by atoms with Gasteiger partial charge in [0.2, 0.25) is 5.91 Å². The molecule has 1 spiro atoms. The number of halogens is 2. The fourth-order valence-electron chi connectivity index (χ4n) is 5.18. The Labute approximate surface area is 158 Å². The summed E-state index contributed by atoms with van der Waals surface area (Å²) in [5, 5.41) is 6.79. The summed E-state index contributed by atoms with van der Waals surface area (Å²) in [5.41, 5.74) is 0.375. The summed E-state index contributed by atoms with van der Waals surface area (Å²) in [5.74, 6) is 0.684. The summed E-state index contributed by atoms with van der Waals surface area (Å²) in [4.78, 5) is 15.2. The van der Waals surface area contributed by atoms with Crippen LogP contribution in [0, 0.1) is 11.3 Å². The highest BCUT2D eigenvalue weighted by molar-refractivity contribution is 5.85. The molecule has 0 aromatic rings. The molecule has 4 fully saturated rings. The van der Waals surface area contributed by atoms with E-state index in [0.29, 0.717) is 23.3 Å². The van der Waals surface area contributed by atoms with Gasteiger partial charge >= 0.3 is 0 Å². The molecule has 2 aliphatic heterocycles. The Bertz CT molecular complexity index is 414. The molecule has 1 atom stereocenters. The van der Waals surface area contributed by atoms with Crippen molar-refractivity contribution in [2.75, 3.05) is 26.2 Å². The van der Waals surface area contributed by atoms with Crippen molar-refractivity contribution in [1.29, 1.82) is 0 Å². The Morgan fingerprint density at radius 1 is 1.00 bits per heavy atom. The molecule has 140 valence electrons. The Hall–Kier alpha value is -0.0300. The fraction of sp³-hybridized carbons (Fsp3) is 0.944. The van der Waals surface area contributed by atoms with E-state index in [-0.39, 0.29) is 24.8 Å². The zero-order valence-corrected chi connectivity index (χ0v) is 16.2. The molecule has 0 bridgehead atoms. The molecule has 6 heteroatoms. The Morgan fingerprint density at radius 2 is 1.62 bits per heavy atom. The number of nitrogens with zero attached hydrogens (tertiary/aromatic N) is 1. The van der Waals surface area contributed by atoms with E-state index in [4.69, 9.17) is 0 Å². The number of hydrogen-bond acceptors (Lipinski definition) is 3. The van der Waals surface area contributed by atoms with Gasteiger partial charge in [0.1, 0.15) is 0 Å². The maximum atomic E-state index is 12.5. The number of amides is 1. The lowest BCUT2D eigenvalue weighted by Gasteiger charge is -2.36. The highest BCUT2D eigenvalue weighted by Crippen LogP contribution is 2.58. The van der Waals surface area contributed by atoms with Crippen LogP contribution in [-0.2, 0) is 4.79 Å². The molecular formula is C18H33Cl2N3O. The standard InChI is InChI=1S/C18H31N3O.2ClH/c22-17(16-13-18(16)7-9-19-10-8-18)20-14-5-11-21(12-6-14)15-3-1-2-4-15;;/h14-16,19H,1-13H2,(H,20,22);2*1H. The second-order valence-electron chi connectivity index (χ2n) is 8.13. The number of rotatable bonds is 3. The third-order valence-corrected chi connectivity index (χ3v) is 6.82. The first-order valence-electron chi connectivity index (χ1n) is 9.52. The van der Waals surface area contributed by atoms with Gasteiger partial charge < -0.3 is 15.5 Å². The fourth-order valence-corrected chi connectivity index (χ4v) is 5.18. The van der Waals surface area contributed by atoms with E-state index in [0.717, 1.165) is 38.4 Å². The largest absolute Gasteiger partial charge is 0.353 e. The molecule has 4 rings (SSSR count). The minimum atomic E-state index is 0. The van der Waals surface area contributed by atoms with Gasteiger partial charge in [0.15, 0.2) is 0 Å². The van der Waals surface area contributed by atoms with Crippen LogP contribution in [0.4, 0.5) is 0 Å². The van der Waals surface area contributed by atoms with Gasteiger partial charge in [0, 0.05) is 31.1 Å². The maximum Gasteiger partial charge on any atom is 0.223 e. The molecule has 2 N–H and O–H groups in total. The first-order chi connectivity index (χ1) is 10.8. The van der Waals surface area contributed by atoms with Crippen molar-refractivity contribution in [3.63, 3.8) is 0 Å². The van der Waals surface area contributed by atoms with Crippen LogP contribution in [0.15, 0.2) is 0 Å². The average molecular weight is 378 g/mol. The molecule has 4 nitrogen and oxygen atoms in total. The zero-order chi connectivity index (χ0) is 15.0. The topological polar surface area (TPSA) is 44.4 Å². The Kier molecular flexibility index (Phi) is 7.24. The quantitative estimate of drug-likeness (QED) is 0.794. The van der Waals surface area contributed by atoms with Crippen LogP contribution >= 0.6 is 24.8 Å². The Balaban J connectivity index is 0.00000104. The van der Waals surface area contributed by atoms with Crippen LogP contribution < -0.4 is 10.6 Å². The first kappa shape index (κ1) is 20.3. The molecule has 0 aromatic carbocycles. The molecule has 1 unspecified atom stereocenters. The van der Waals surface area contributed by atoms with E-state index in [9.17, 15) is 4.79 Å². The number of carbonyl (C=O) groups is 1. The van der Waals surface area contributed by atoms with Crippen LogP contribution in [0.25, 0.3) is 0 Å². The highest BCUT2D eigenvalue weighted by Gasteiger charge is 2.57. The van der Waals surface area contributed by atoms with E-state index in [1.807, 2.05) is 0 Å². The second kappa shape index (κ2) is 8.57. The van der Waals surface area contributed by atoms with E-state index >= 15 is 0 Å². The average Bonchev–Trinajstić information content (AvgIpc) is 3.00. The van der Waals surface area contributed by atoms with E-state index in [1.54, 1.807) is 0 Å². The number of likely N-dealkylation sites (tertiary alicyclic amines) is 1. The van der Waals surface area contributed by atoms with Gasteiger partial charge in [0.25, 0.3) is 0 Å². The number of carbonyl (C=O) groups excluding carboxylic acids is 1. The smallest absolute Gasteiger partial charge is 0.223 e. The summed E-state index contributed by atoms with van der Waals surface area (Å²) in [6.07, 6.45) is 11.5. The van der Waals surface area contributed by atoms with E-state index < -0.39 is 0 Å². The third kappa shape index (κ3) is 4.20. The van der Waals surface area contributed by atoms with Gasteiger partial charge in [-0.05, 0) is 63.5 Å². The summed E-state index contributed by atoms with van der Waals surface area (Å²) in [6, 6.07) is 1.28. The van der Waals surface area contributed by atoms with Crippen LogP contribution in [0.1, 0.15) is 57.8 Å². The number of hydrogen-bond donors (Lipinski definition) is 2. The minimum absolute atomic E-state index is 0. The Morgan fingerprint density at radius 3 is 2.25 bits per heavy atom. The zero-order valence-electron chi connectivity index (χ0n) is 14.6. The molecule has 2 aliphatic carbocycles. The monoisotopic (exact) mass is 377 g/mol. The van der Waals surface area contributed by atoms with Crippen LogP contribution in [0.2, 0.25) is 0 Å². The number of piperidine rings is 2. The van der Waals surface area contributed by atoms with E-state index in [2.05, 4.69) is 15.5 Å². The summed E-state index contributed by atoms with van der Waals surface area (Å²) < 4.78 is 0. The molecule has 2 saturated heterocycles. The predicted molar refractivity (Wildman–Crippen MR) is 102 cm³/mol. The van der Waals surface area contributed by atoms with E-state index in [1.165, 1.54) is 51.6 Å². The van der Waals surface area contributed by atoms with Gasteiger partial charge in [0.05, 0.1) is 0 Å². The van der Waals surface area contributed by atoms with Crippen molar-refractivity contribution in [1.82, 2.24) is 15.5 Å². The van der Waals surface area contributed by atoms with Gasteiger partial charge in [-0.25, -0.2) is 0 Å². The van der Waals surface area contributed by atoms with Crippen LogP contribution in [-0.4, -0.2) is 49.1 Å². The minimum Gasteiger partial charge on any atom is -0.353 e. The van der Waals surface area contributed by atoms with Gasteiger partial charge in [-0.3, -0.25) is 4.79 Å². The van der Waals surface area contributed by atoms with Gasteiger partial charge in [-0.2, -0.15) is 0 Å². The van der Waals surface area contributed by atoms with Crippen molar-refractivity contribution in [2.24, 2.45) is 11.3 Å². The second-order valence-corrected chi connectivity index (χ2v) is 8.13. The molecule has 24 heavy (non-hydrogen) atoms. The molecular weight excluding hydrogens is 345 g/mol. The molecule has 1 amide bonds. The highest BCUT2D eigenvalue weighted by atomic mass is 35.5. The third-order valence-electron chi connectivity index (χ3n) is 6.82. The van der Waals surface area contributed by atoms with Crippen molar-refractivity contribution in [2.45, 2.75) is 69.9 Å². The lowest BCUT2D eigenvalue weighted by atomic mass is 9.91. The SMILES string of the molecule is Cl.Cl.O=C(NC1CCN(C2CCCC2)CC1)C1CC12CCNCC2. The van der Waals surface area contributed by atoms with Crippen LogP contribution in [0.3, 0.4) is 0 Å². The lowest BCUT2D eigenvalue weighted by molar-refractivity contribution is -0.124. The predicted octanol–water partition coefficient (Wildman–Crippen LogP) is 2.74. The summed E-state index contributed by atoms with van der Waals surface area (Å²) >= 11 is 0. The van der Waals surface area contributed by atoms with Crippen molar-refractivity contribution >= 4 is 30.7 Å². The van der Waals surface area contributed by atoms with Crippen molar-refractivity contribution in [3.8, 4) is 0 Å². The lowest BCUT2D eigenvalue weighted by Crippen LogP contribution is -2.48. The molecule has 0 aromatic heterocycles. The summed E-state index contributed by atoms with van der Waals surface area (Å²) in [7, 11) is 0. The first-order valence-corrected chi connectivity index (χ1v) is 9.52. The normalized spacial score (nSPS) is 30.4. The van der Waals surface area contributed by atoms with Gasteiger partial charge in [-0.15, -0.1) is 24.8 Å². The van der Waals surface area contributed by atoms with Crippen LogP contribution in [0.5, 0.6) is 0 Å². The molecule has 0 radical (unpaired) electrons. The maximum absolute atomic E-state index is 12.5. The van der Waals surface area contributed by atoms with Crippen molar-refractivity contribution < 1.29 is 4.79 Å². The number of nitrogens with one attached hydrogen (secondary N) is 2. The summed E-state index contributed by atoms with van der Waals surface area (Å²) in [6.45, 7) is 4.58. The van der Waals surface area contributed by atoms with Gasteiger partial charge in [-0.1, -0.05) is 12.8 Å².